The van der Waals surface area contributed by atoms with Crippen LogP contribution in [0.25, 0.3) is 11.3 Å². The summed E-state index contributed by atoms with van der Waals surface area (Å²) in [6.07, 6.45) is 7.03. The molecule has 4 saturated heterocycles. The van der Waals surface area contributed by atoms with Crippen molar-refractivity contribution in [1.82, 2.24) is 35.4 Å². The van der Waals surface area contributed by atoms with Gasteiger partial charge in [-0.15, -0.1) is 0 Å². The minimum atomic E-state index is -0.411. The first-order valence-corrected chi connectivity index (χ1v) is 21.4. The van der Waals surface area contributed by atoms with E-state index in [9.17, 15) is 14.4 Å². The number of hydrogen-bond acceptors (Lipinski definition) is 12. The van der Waals surface area contributed by atoms with E-state index in [0.717, 1.165) is 85.4 Å². The Morgan fingerprint density at radius 2 is 1.65 bits per heavy atom. The summed E-state index contributed by atoms with van der Waals surface area (Å²) in [5.74, 6) is 1.68. The van der Waals surface area contributed by atoms with Crippen molar-refractivity contribution in [3.8, 4) is 11.3 Å². The molecule has 8 rings (SSSR count). The van der Waals surface area contributed by atoms with Crippen LogP contribution in [-0.2, 0) is 20.9 Å². The number of amides is 4. The number of carbonyl (C=O) groups excluding carboxylic acids is 3. The summed E-state index contributed by atoms with van der Waals surface area (Å²) in [6.45, 7) is 14.9. The van der Waals surface area contributed by atoms with Gasteiger partial charge in [-0.1, -0.05) is 12.1 Å². The number of ether oxygens (including phenoxy) is 1. The summed E-state index contributed by atoms with van der Waals surface area (Å²) in [7, 11) is 0. The number of piperidine rings is 2. The van der Waals surface area contributed by atoms with Crippen LogP contribution in [0.3, 0.4) is 0 Å². The fourth-order valence-corrected chi connectivity index (χ4v) is 8.46. The number of carbonyl (C=O) groups is 3. The average molecular weight is 816 g/mol. The lowest BCUT2D eigenvalue weighted by Gasteiger charge is -2.39. The lowest BCUT2D eigenvalue weighted by atomic mass is 9.95. The quantitative estimate of drug-likeness (QED) is 0.132. The molecule has 2 aromatic heterocycles. The standard InChI is InChI=1S/C45H57N11O4/c1-30(2)60-38-28-56(29-38)45(59)48-25-34-5-4-33(24-31(34)3)39-14-17-46-44(51-39)50-35-6-9-37(10-7-35)54-18-15-32(16-19-54)27-53-20-22-55(23-21-53)41-12-8-36(26-47-41)49-40-11-13-42(57)52-43(40)58/h4-10,12,14,17,24,26,30,32,38,40,49H,11,13,15-16,18-23,25,27-29H2,1-3H3,(H,48,59)(H,46,50,51)(H,52,57,58). The van der Waals surface area contributed by atoms with Gasteiger partial charge in [0.1, 0.15) is 11.9 Å². The Labute approximate surface area is 352 Å². The van der Waals surface area contributed by atoms with E-state index in [2.05, 4.69) is 89.3 Å². The van der Waals surface area contributed by atoms with Crippen LogP contribution in [0.5, 0.6) is 0 Å². The van der Waals surface area contributed by atoms with Gasteiger partial charge in [-0.3, -0.25) is 19.8 Å². The molecule has 4 aromatic rings. The molecule has 0 spiro atoms. The molecule has 0 saturated carbocycles. The van der Waals surface area contributed by atoms with E-state index in [-0.39, 0.29) is 30.1 Å². The van der Waals surface area contributed by atoms with Gasteiger partial charge in [0.2, 0.25) is 17.8 Å². The van der Waals surface area contributed by atoms with Crippen molar-refractivity contribution in [3.05, 3.63) is 84.2 Å². The van der Waals surface area contributed by atoms with Gasteiger partial charge in [0.15, 0.2) is 0 Å². The van der Waals surface area contributed by atoms with Gasteiger partial charge in [0.25, 0.3) is 0 Å². The molecule has 15 nitrogen and oxygen atoms in total. The number of nitrogens with one attached hydrogen (secondary N) is 4. The van der Waals surface area contributed by atoms with Gasteiger partial charge < -0.3 is 35.4 Å². The number of urea groups is 1. The highest BCUT2D eigenvalue weighted by molar-refractivity contribution is 6.01. The normalized spacial score (nSPS) is 19.3. The number of imide groups is 1. The number of nitrogens with zero attached hydrogens (tertiary/aromatic N) is 7. The molecule has 0 bridgehead atoms. The average Bonchev–Trinajstić information content (AvgIpc) is 3.24. The summed E-state index contributed by atoms with van der Waals surface area (Å²) in [4.78, 5) is 59.3. The molecule has 4 fully saturated rings. The minimum Gasteiger partial charge on any atom is -0.372 e. The zero-order valence-electron chi connectivity index (χ0n) is 34.9. The minimum absolute atomic E-state index is 0.0620. The Balaban J connectivity index is 0.751. The molecule has 60 heavy (non-hydrogen) atoms. The van der Waals surface area contributed by atoms with Crippen molar-refractivity contribution in [2.24, 2.45) is 5.92 Å². The highest BCUT2D eigenvalue weighted by Gasteiger charge is 2.32. The molecule has 15 heteroatoms. The molecular weight excluding hydrogens is 759 g/mol. The van der Waals surface area contributed by atoms with Crippen LogP contribution in [0.15, 0.2) is 73.1 Å². The lowest BCUT2D eigenvalue weighted by Crippen LogP contribution is -2.58. The van der Waals surface area contributed by atoms with E-state index in [1.165, 1.54) is 18.5 Å². The van der Waals surface area contributed by atoms with Crippen LogP contribution in [0.4, 0.5) is 33.6 Å². The molecule has 6 heterocycles. The summed E-state index contributed by atoms with van der Waals surface area (Å²) in [5.41, 5.74) is 6.93. The van der Waals surface area contributed by atoms with Crippen LogP contribution in [0.1, 0.15) is 50.7 Å². The van der Waals surface area contributed by atoms with Gasteiger partial charge >= 0.3 is 6.03 Å². The molecule has 2 aromatic carbocycles. The zero-order valence-corrected chi connectivity index (χ0v) is 34.9. The Bertz CT molecular complexity index is 2110. The maximum absolute atomic E-state index is 12.6. The van der Waals surface area contributed by atoms with Crippen molar-refractivity contribution < 1.29 is 19.1 Å². The largest absolute Gasteiger partial charge is 0.372 e. The Hall–Kier alpha value is -5.80. The molecule has 0 aliphatic carbocycles. The van der Waals surface area contributed by atoms with Gasteiger partial charge in [0, 0.05) is 81.9 Å². The third-order valence-electron chi connectivity index (χ3n) is 12.0. The highest BCUT2D eigenvalue weighted by Crippen LogP contribution is 2.28. The maximum Gasteiger partial charge on any atom is 0.317 e. The number of benzene rings is 2. The van der Waals surface area contributed by atoms with E-state index in [1.807, 2.05) is 38.1 Å². The smallest absolute Gasteiger partial charge is 0.317 e. The number of hydrogen-bond donors (Lipinski definition) is 4. The van der Waals surface area contributed by atoms with Crippen molar-refractivity contribution in [2.45, 2.75) is 71.2 Å². The third-order valence-corrected chi connectivity index (χ3v) is 12.0. The van der Waals surface area contributed by atoms with E-state index < -0.39 is 6.04 Å². The number of likely N-dealkylation sites (tertiary alicyclic amines) is 1. The first kappa shape index (κ1) is 41.0. The fraction of sp³-hybridized carbons (Fsp3) is 0.467. The number of aromatic nitrogens is 3. The van der Waals surface area contributed by atoms with Crippen LogP contribution < -0.4 is 31.1 Å². The molecule has 4 N–H and O–H groups in total. The second-order valence-corrected chi connectivity index (χ2v) is 16.7. The molecule has 4 amide bonds. The van der Waals surface area contributed by atoms with E-state index in [0.29, 0.717) is 44.3 Å². The summed E-state index contributed by atoms with van der Waals surface area (Å²) >= 11 is 0. The predicted octanol–water partition coefficient (Wildman–Crippen LogP) is 5.17. The van der Waals surface area contributed by atoms with Gasteiger partial charge in [-0.25, -0.2) is 19.7 Å². The summed E-state index contributed by atoms with van der Waals surface area (Å²) in [6, 6.07) is 20.2. The molecule has 4 aliphatic heterocycles. The molecule has 4 aliphatic rings. The van der Waals surface area contributed by atoms with Crippen molar-refractivity contribution in [1.29, 1.82) is 0 Å². The summed E-state index contributed by atoms with van der Waals surface area (Å²) < 4.78 is 5.77. The number of pyridine rings is 1. The maximum atomic E-state index is 12.6. The van der Waals surface area contributed by atoms with Crippen molar-refractivity contribution >= 4 is 46.7 Å². The number of piperazine rings is 1. The Kier molecular flexibility index (Phi) is 12.7. The predicted molar refractivity (Wildman–Crippen MR) is 233 cm³/mol. The third kappa shape index (κ3) is 10.3. The van der Waals surface area contributed by atoms with Gasteiger partial charge in [-0.05, 0) is 106 Å². The number of rotatable bonds is 13. The van der Waals surface area contributed by atoms with E-state index >= 15 is 0 Å². The van der Waals surface area contributed by atoms with Crippen LogP contribution in [0, 0.1) is 12.8 Å². The molecular formula is C45H57N11O4. The molecule has 0 radical (unpaired) electrons. The highest BCUT2D eigenvalue weighted by atomic mass is 16.5. The van der Waals surface area contributed by atoms with Gasteiger partial charge in [-0.2, -0.15) is 0 Å². The van der Waals surface area contributed by atoms with Crippen LogP contribution in [-0.4, -0.2) is 120 Å². The topological polar surface area (TPSA) is 160 Å². The van der Waals surface area contributed by atoms with Crippen LogP contribution >= 0.6 is 0 Å². The first-order valence-electron chi connectivity index (χ1n) is 21.4. The van der Waals surface area contributed by atoms with Crippen molar-refractivity contribution in [2.75, 3.05) is 79.3 Å². The summed E-state index contributed by atoms with van der Waals surface area (Å²) in [5, 5.41) is 12.0. The first-order chi connectivity index (χ1) is 29.1. The monoisotopic (exact) mass is 815 g/mol. The molecule has 316 valence electrons. The zero-order chi connectivity index (χ0) is 41.6. The lowest BCUT2D eigenvalue weighted by molar-refractivity contribution is -0.133. The number of aryl methyl sites for hydroxylation is 1. The molecule has 1 atom stereocenters. The van der Waals surface area contributed by atoms with E-state index in [4.69, 9.17) is 9.72 Å². The van der Waals surface area contributed by atoms with Gasteiger partial charge in [0.05, 0.1) is 42.9 Å². The Morgan fingerprint density at radius 3 is 2.35 bits per heavy atom. The second kappa shape index (κ2) is 18.6. The number of anilines is 5. The fourth-order valence-electron chi connectivity index (χ4n) is 8.46. The van der Waals surface area contributed by atoms with Crippen LogP contribution in [0.2, 0.25) is 0 Å². The van der Waals surface area contributed by atoms with E-state index in [1.54, 1.807) is 17.3 Å². The Morgan fingerprint density at radius 1 is 0.883 bits per heavy atom. The van der Waals surface area contributed by atoms with Crippen molar-refractivity contribution in [3.63, 3.8) is 0 Å². The second-order valence-electron chi connectivity index (χ2n) is 16.7. The SMILES string of the molecule is Cc1cc(-c2ccnc(Nc3ccc(N4CCC(CN5CCN(c6ccc(NC7CCC(=O)NC7=O)cn6)CC5)CC4)cc3)n2)ccc1CNC(=O)N1CC(OC(C)C)C1. The molecule has 1 unspecified atom stereocenters.